The summed E-state index contributed by atoms with van der Waals surface area (Å²) in [6.45, 7) is 12.6. The topological polar surface area (TPSA) is 84.0 Å². The molecule has 0 bridgehead atoms. The summed E-state index contributed by atoms with van der Waals surface area (Å²) in [5.74, 6) is -0.685. The number of benzene rings is 1. The Morgan fingerprint density at radius 3 is 2.18 bits per heavy atom. The van der Waals surface area contributed by atoms with Crippen molar-refractivity contribution in [1.29, 1.82) is 0 Å². The number of hydrogen-bond acceptors (Lipinski definition) is 6. The molecule has 7 nitrogen and oxygen atoms in total. The molecule has 0 saturated carbocycles. The van der Waals surface area contributed by atoms with Gasteiger partial charge in [0.25, 0.3) is 10.0 Å². The fraction of sp³-hybridized carbons (Fsp3) is 0.600. The number of carbonyl (C=O) groups excluding carboxylic acids is 2. The number of carbonyl (C=O) groups is 2. The molecular formula is C25H36N2O5S. The molecule has 2 atom stereocenters. The molecular weight excluding hydrogens is 440 g/mol. The van der Waals surface area contributed by atoms with Crippen LogP contribution in [0.1, 0.15) is 81.5 Å². The lowest BCUT2D eigenvalue weighted by Crippen LogP contribution is -2.52. The summed E-state index contributed by atoms with van der Waals surface area (Å²) >= 11 is 0. The number of Topliss-reactive ketones (excluding diaryl/α,β-unsaturated/α-hetero) is 2. The normalized spacial score (nSPS) is 24.0. The number of sulfonamides is 1. The van der Waals surface area contributed by atoms with E-state index in [0.29, 0.717) is 31.8 Å². The van der Waals surface area contributed by atoms with Crippen LogP contribution in [-0.4, -0.2) is 60.7 Å². The van der Waals surface area contributed by atoms with Crippen molar-refractivity contribution in [3.63, 3.8) is 0 Å². The van der Waals surface area contributed by atoms with Crippen molar-refractivity contribution in [2.24, 2.45) is 5.92 Å². The second-order valence-corrected chi connectivity index (χ2v) is 11.1. The van der Waals surface area contributed by atoms with Crippen LogP contribution in [-0.2, 0) is 14.8 Å². The molecule has 1 heterocycles. The minimum Gasteiger partial charge on any atom is -0.368 e. The van der Waals surface area contributed by atoms with Crippen LogP contribution in [0.15, 0.2) is 34.9 Å². The Balaban J connectivity index is 2.25. The average Bonchev–Trinajstić information content (AvgIpc) is 3.14. The van der Waals surface area contributed by atoms with Gasteiger partial charge in [-0.25, -0.2) is 8.42 Å². The zero-order valence-electron chi connectivity index (χ0n) is 20.6. The third-order valence-corrected chi connectivity index (χ3v) is 8.79. The van der Waals surface area contributed by atoms with E-state index in [0.717, 1.165) is 6.42 Å². The highest BCUT2D eigenvalue weighted by molar-refractivity contribution is 7.94. The molecule has 8 heteroatoms. The first-order valence-electron chi connectivity index (χ1n) is 11.9. The van der Waals surface area contributed by atoms with Gasteiger partial charge in [-0.15, -0.1) is 0 Å². The molecule has 182 valence electrons. The Bertz CT molecular complexity index is 1060. The van der Waals surface area contributed by atoms with Gasteiger partial charge in [-0.2, -0.15) is 4.31 Å². The van der Waals surface area contributed by atoms with Crippen molar-refractivity contribution in [3.05, 3.63) is 46.0 Å². The van der Waals surface area contributed by atoms with Gasteiger partial charge in [-0.1, -0.05) is 45.0 Å². The van der Waals surface area contributed by atoms with Crippen LogP contribution in [0.25, 0.3) is 0 Å². The Morgan fingerprint density at radius 2 is 1.67 bits per heavy atom. The van der Waals surface area contributed by atoms with Crippen LogP contribution in [0.4, 0.5) is 0 Å². The van der Waals surface area contributed by atoms with E-state index in [1.54, 1.807) is 30.0 Å². The summed E-state index contributed by atoms with van der Waals surface area (Å²) in [6, 6.07) is 6.05. The number of ketones is 2. The van der Waals surface area contributed by atoms with E-state index >= 15 is 0 Å². The SMILES string of the molecule is CCC1COC(C)(CCC(C)C)N1S(=O)(=O)C1=C(N(CC)CC)C(=O)c2ccccc2C1=O. The summed E-state index contributed by atoms with van der Waals surface area (Å²) < 4.78 is 36.1. The molecule has 3 rings (SSSR count). The first-order chi connectivity index (χ1) is 15.5. The summed E-state index contributed by atoms with van der Waals surface area (Å²) in [7, 11) is -4.34. The van der Waals surface area contributed by atoms with Crippen LogP contribution in [0.5, 0.6) is 0 Å². The van der Waals surface area contributed by atoms with Gasteiger partial charge in [0.15, 0.2) is 4.91 Å². The number of likely N-dealkylation sites (N-methyl/N-ethyl adjacent to an activating group) is 1. The van der Waals surface area contributed by atoms with Crippen LogP contribution in [0.2, 0.25) is 0 Å². The van der Waals surface area contributed by atoms with Gasteiger partial charge in [0.05, 0.1) is 12.6 Å². The van der Waals surface area contributed by atoms with Gasteiger partial charge in [-0.05, 0) is 46.0 Å². The lowest BCUT2D eigenvalue weighted by Gasteiger charge is -2.38. The average molecular weight is 477 g/mol. The highest BCUT2D eigenvalue weighted by Crippen LogP contribution is 2.42. The summed E-state index contributed by atoms with van der Waals surface area (Å²) in [5, 5.41) is 0. The number of allylic oxidation sites excluding steroid dienone is 2. The van der Waals surface area contributed by atoms with E-state index in [1.807, 2.05) is 20.8 Å². The van der Waals surface area contributed by atoms with Gasteiger partial charge >= 0.3 is 0 Å². The highest BCUT2D eigenvalue weighted by Gasteiger charge is 2.54. The van der Waals surface area contributed by atoms with E-state index in [9.17, 15) is 18.0 Å². The first-order valence-corrected chi connectivity index (χ1v) is 13.3. The molecule has 33 heavy (non-hydrogen) atoms. The fourth-order valence-electron chi connectivity index (χ4n) is 4.77. The van der Waals surface area contributed by atoms with Gasteiger partial charge in [-0.3, -0.25) is 9.59 Å². The third-order valence-electron chi connectivity index (χ3n) is 6.69. The van der Waals surface area contributed by atoms with E-state index in [-0.39, 0.29) is 23.4 Å². The molecule has 1 fully saturated rings. The van der Waals surface area contributed by atoms with E-state index in [1.165, 1.54) is 10.4 Å². The Hall–Kier alpha value is -2.03. The second kappa shape index (κ2) is 9.68. The predicted molar refractivity (Wildman–Crippen MR) is 128 cm³/mol. The molecule has 0 spiro atoms. The molecule has 0 N–H and O–H groups in total. The molecule has 1 aromatic rings. The number of rotatable bonds is 9. The maximum Gasteiger partial charge on any atom is 0.251 e. The van der Waals surface area contributed by atoms with E-state index in [2.05, 4.69) is 13.8 Å². The fourth-order valence-corrected chi connectivity index (χ4v) is 7.03. The van der Waals surface area contributed by atoms with Gasteiger partial charge in [0.1, 0.15) is 11.4 Å². The largest absolute Gasteiger partial charge is 0.368 e. The molecule has 0 amide bonds. The van der Waals surface area contributed by atoms with E-state index < -0.39 is 38.3 Å². The number of ether oxygens (including phenoxy) is 1. The molecule has 2 aliphatic rings. The molecule has 0 radical (unpaired) electrons. The maximum atomic E-state index is 14.3. The summed E-state index contributed by atoms with van der Waals surface area (Å²) in [5.41, 5.74) is -0.729. The molecule has 1 saturated heterocycles. The maximum absolute atomic E-state index is 14.3. The van der Waals surface area contributed by atoms with Gasteiger partial charge < -0.3 is 9.64 Å². The summed E-state index contributed by atoms with van der Waals surface area (Å²) in [6.07, 6.45) is 1.83. The molecule has 1 aliphatic carbocycles. The van der Waals surface area contributed by atoms with Crippen molar-refractivity contribution in [2.45, 2.75) is 72.6 Å². The smallest absolute Gasteiger partial charge is 0.251 e. The van der Waals surface area contributed by atoms with Gasteiger partial charge in [0.2, 0.25) is 11.6 Å². The van der Waals surface area contributed by atoms with Crippen molar-refractivity contribution >= 4 is 21.6 Å². The van der Waals surface area contributed by atoms with Crippen LogP contribution in [0.3, 0.4) is 0 Å². The van der Waals surface area contributed by atoms with Crippen molar-refractivity contribution in [1.82, 2.24) is 9.21 Å². The van der Waals surface area contributed by atoms with Crippen LogP contribution < -0.4 is 0 Å². The Labute approximate surface area is 197 Å². The molecule has 1 aromatic carbocycles. The number of nitrogens with zero attached hydrogens (tertiary/aromatic N) is 2. The molecule has 2 unspecified atom stereocenters. The molecule has 0 aromatic heterocycles. The Kier molecular flexibility index (Phi) is 7.51. The zero-order chi connectivity index (χ0) is 24.6. The Morgan fingerprint density at radius 1 is 1.09 bits per heavy atom. The van der Waals surface area contributed by atoms with Crippen molar-refractivity contribution < 1.29 is 22.7 Å². The van der Waals surface area contributed by atoms with Crippen molar-refractivity contribution in [3.8, 4) is 0 Å². The summed E-state index contributed by atoms with van der Waals surface area (Å²) in [4.78, 5) is 28.5. The quantitative estimate of drug-likeness (QED) is 0.531. The van der Waals surface area contributed by atoms with Crippen molar-refractivity contribution in [2.75, 3.05) is 19.7 Å². The first kappa shape index (κ1) is 25.6. The molecule has 1 aliphatic heterocycles. The van der Waals surface area contributed by atoms with Crippen LogP contribution >= 0.6 is 0 Å². The lowest BCUT2D eigenvalue weighted by molar-refractivity contribution is -0.0430. The standard InChI is InChI=1S/C25H36N2O5S/c1-7-18-16-32-25(6,15-14-17(4)5)27(18)33(30,31)24-21(26(8-2)9-3)22(28)19-12-10-11-13-20(19)23(24)29/h10-13,17-18H,7-9,14-16H2,1-6H3. The minimum atomic E-state index is -4.34. The number of hydrogen-bond donors (Lipinski definition) is 0. The van der Waals surface area contributed by atoms with Crippen LogP contribution in [0, 0.1) is 5.92 Å². The van der Waals surface area contributed by atoms with E-state index in [4.69, 9.17) is 4.74 Å². The second-order valence-electron chi connectivity index (χ2n) is 9.34. The lowest BCUT2D eigenvalue weighted by atomic mass is 9.92. The number of fused-ring (bicyclic) bond motifs is 1. The minimum absolute atomic E-state index is 0.0309. The predicted octanol–water partition coefficient (Wildman–Crippen LogP) is 4.21. The monoisotopic (exact) mass is 476 g/mol. The highest BCUT2D eigenvalue weighted by atomic mass is 32.2. The third kappa shape index (κ3) is 4.40. The zero-order valence-corrected chi connectivity index (χ0v) is 21.4. The van der Waals surface area contributed by atoms with Gasteiger partial charge in [0, 0.05) is 24.2 Å².